The topological polar surface area (TPSA) is 12.5 Å². The van der Waals surface area contributed by atoms with Gasteiger partial charge in [0.1, 0.15) is 5.75 Å². The Hall–Kier alpha value is -1.02. The van der Waals surface area contributed by atoms with Crippen LogP contribution in [0.4, 0.5) is 0 Å². The second kappa shape index (κ2) is 6.24. The van der Waals surface area contributed by atoms with Crippen molar-refractivity contribution >= 4 is 0 Å². The molecule has 0 amide bonds. The van der Waals surface area contributed by atoms with Gasteiger partial charge in [-0.05, 0) is 62.9 Å². The van der Waals surface area contributed by atoms with Crippen LogP contribution >= 0.6 is 0 Å². The molecule has 99 valence electrons. The highest BCUT2D eigenvalue weighted by molar-refractivity contribution is 5.41. The molecule has 1 aromatic carbocycles. The van der Waals surface area contributed by atoms with Crippen LogP contribution in [-0.4, -0.2) is 31.1 Å². The predicted molar refractivity (Wildman–Crippen MR) is 76.0 cm³/mol. The maximum atomic E-state index is 5.44. The Morgan fingerprint density at radius 1 is 1.44 bits per heavy atom. The van der Waals surface area contributed by atoms with Crippen LogP contribution in [-0.2, 0) is 6.42 Å². The summed E-state index contributed by atoms with van der Waals surface area (Å²) >= 11 is 0. The molecular weight excluding hydrogens is 222 g/mol. The van der Waals surface area contributed by atoms with E-state index >= 15 is 0 Å². The van der Waals surface area contributed by atoms with Crippen LogP contribution < -0.4 is 4.74 Å². The standard InChI is InChI=1S/C16H24NO/c1-4-17-12-6-8-14(17)10-11-15-13(2)7-5-9-16(15)18-3/h5,7,9,14H,2,4,6,8,10-12H2,1,3H3. The maximum Gasteiger partial charge on any atom is 0.122 e. The third-order valence-electron chi connectivity index (χ3n) is 4.08. The Morgan fingerprint density at radius 2 is 2.28 bits per heavy atom. The number of hydrogen-bond donors (Lipinski definition) is 0. The van der Waals surface area contributed by atoms with E-state index in [1.807, 2.05) is 12.1 Å². The van der Waals surface area contributed by atoms with E-state index in [1.165, 1.54) is 37.9 Å². The Labute approximate surface area is 111 Å². The molecule has 1 fully saturated rings. The monoisotopic (exact) mass is 246 g/mol. The van der Waals surface area contributed by atoms with Crippen molar-refractivity contribution < 1.29 is 4.74 Å². The number of nitrogens with zero attached hydrogens (tertiary/aromatic N) is 1. The largest absolute Gasteiger partial charge is 0.496 e. The van der Waals surface area contributed by atoms with E-state index in [4.69, 9.17) is 4.74 Å². The van der Waals surface area contributed by atoms with Crippen molar-refractivity contribution in [3.8, 4) is 5.75 Å². The molecule has 1 heterocycles. The summed E-state index contributed by atoms with van der Waals surface area (Å²) in [4.78, 5) is 2.60. The molecule has 2 nitrogen and oxygen atoms in total. The van der Waals surface area contributed by atoms with Gasteiger partial charge in [-0.2, -0.15) is 0 Å². The van der Waals surface area contributed by atoms with Crippen molar-refractivity contribution in [3.63, 3.8) is 0 Å². The number of rotatable bonds is 5. The summed E-state index contributed by atoms with van der Waals surface area (Å²) < 4.78 is 5.44. The molecule has 1 unspecified atom stereocenters. The fraction of sp³-hybridized carbons (Fsp3) is 0.562. The van der Waals surface area contributed by atoms with Gasteiger partial charge < -0.3 is 9.64 Å². The minimum absolute atomic E-state index is 0.749. The average molecular weight is 246 g/mol. The highest BCUT2D eigenvalue weighted by Crippen LogP contribution is 2.27. The molecule has 0 aromatic heterocycles. The van der Waals surface area contributed by atoms with Gasteiger partial charge >= 0.3 is 0 Å². The second-order valence-electron chi connectivity index (χ2n) is 5.06. The summed E-state index contributed by atoms with van der Waals surface area (Å²) in [5.74, 6) is 0.989. The smallest absolute Gasteiger partial charge is 0.122 e. The van der Waals surface area contributed by atoms with E-state index in [0.29, 0.717) is 0 Å². The zero-order valence-electron chi connectivity index (χ0n) is 11.6. The maximum absolute atomic E-state index is 5.44. The van der Waals surface area contributed by atoms with Crippen molar-refractivity contribution in [1.29, 1.82) is 0 Å². The summed E-state index contributed by atoms with van der Waals surface area (Å²) in [6, 6.07) is 6.87. The first kappa shape index (κ1) is 13.4. The van der Waals surface area contributed by atoms with Gasteiger partial charge in [-0.1, -0.05) is 19.1 Å². The number of benzene rings is 1. The molecule has 1 aliphatic rings. The molecule has 1 aliphatic heterocycles. The zero-order chi connectivity index (χ0) is 13.0. The van der Waals surface area contributed by atoms with E-state index in [-0.39, 0.29) is 0 Å². The van der Waals surface area contributed by atoms with Crippen molar-refractivity contribution in [2.75, 3.05) is 20.2 Å². The van der Waals surface area contributed by atoms with Crippen LogP contribution in [0.3, 0.4) is 0 Å². The quantitative estimate of drug-likeness (QED) is 0.790. The van der Waals surface area contributed by atoms with Crippen molar-refractivity contribution in [3.05, 3.63) is 36.2 Å². The molecule has 1 atom stereocenters. The van der Waals surface area contributed by atoms with Crippen LogP contribution in [0.25, 0.3) is 0 Å². The summed E-state index contributed by atoms with van der Waals surface area (Å²) in [7, 11) is 1.74. The minimum Gasteiger partial charge on any atom is -0.496 e. The fourth-order valence-electron chi connectivity index (χ4n) is 3.04. The number of ether oxygens (including phenoxy) is 1. The van der Waals surface area contributed by atoms with Crippen molar-refractivity contribution in [2.45, 2.75) is 38.6 Å². The van der Waals surface area contributed by atoms with Gasteiger partial charge in [0.2, 0.25) is 0 Å². The number of likely N-dealkylation sites (tertiary alicyclic amines) is 1. The first-order chi connectivity index (χ1) is 8.76. The summed E-state index contributed by atoms with van der Waals surface area (Å²) in [6.07, 6.45) is 4.98. The molecule has 1 aromatic rings. The molecule has 2 heteroatoms. The third-order valence-corrected chi connectivity index (χ3v) is 4.08. The lowest BCUT2D eigenvalue weighted by atomic mass is 9.99. The third kappa shape index (κ3) is 2.86. The molecule has 0 N–H and O–H groups in total. The van der Waals surface area contributed by atoms with E-state index in [9.17, 15) is 0 Å². The highest BCUT2D eigenvalue weighted by Gasteiger charge is 2.23. The summed E-state index contributed by atoms with van der Waals surface area (Å²) in [6.45, 7) is 8.82. The second-order valence-corrected chi connectivity index (χ2v) is 5.06. The van der Waals surface area contributed by atoms with Crippen LogP contribution in [0.5, 0.6) is 5.75 Å². The molecule has 0 saturated carbocycles. The summed E-state index contributed by atoms with van der Waals surface area (Å²) in [5, 5.41) is 0. The molecule has 2 rings (SSSR count). The highest BCUT2D eigenvalue weighted by atomic mass is 16.5. The first-order valence-electron chi connectivity index (χ1n) is 6.98. The lowest BCUT2D eigenvalue weighted by Gasteiger charge is -2.23. The Balaban J connectivity index is 2.01. The molecular formula is C16H24NO. The molecule has 0 bridgehead atoms. The molecule has 0 spiro atoms. The first-order valence-corrected chi connectivity index (χ1v) is 6.98. The lowest BCUT2D eigenvalue weighted by molar-refractivity contribution is 0.255. The predicted octanol–water partition coefficient (Wildman–Crippen LogP) is 3.29. The van der Waals surface area contributed by atoms with Crippen LogP contribution in [0.2, 0.25) is 0 Å². The van der Waals surface area contributed by atoms with Crippen LogP contribution in [0.15, 0.2) is 18.2 Å². The van der Waals surface area contributed by atoms with Crippen molar-refractivity contribution in [2.24, 2.45) is 0 Å². The normalized spacial score (nSPS) is 20.3. The van der Waals surface area contributed by atoms with E-state index < -0.39 is 0 Å². The minimum atomic E-state index is 0.749. The van der Waals surface area contributed by atoms with E-state index in [2.05, 4.69) is 24.8 Å². The average Bonchev–Trinajstić information content (AvgIpc) is 2.84. The van der Waals surface area contributed by atoms with Gasteiger partial charge in [-0.15, -0.1) is 0 Å². The fourth-order valence-corrected chi connectivity index (χ4v) is 3.04. The van der Waals surface area contributed by atoms with Gasteiger partial charge in [0.15, 0.2) is 0 Å². The van der Waals surface area contributed by atoms with Crippen LogP contribution in [0, 0.1) is 6.92 Å². The SMILES string of the molecule is [CH2]c1cccc(OC)c1CCC1CCCN1CC. The van der Waals surface area contributed by atoms with E-state index in [1.54, 1.807) is 7.11 Å². The number of hydrogen-bond acceptors (Lipinski definition) is 2. The van der Waals surface area contributed by atoms with Crippen molar-refractivity contribution in [1.82, 2.24) is 4.90 Å². The Morgan fingerprint density at radius 3 is 3.00 bits per heavy atom. The van der Waals surface area contributed by atoms with Gasteiger partial charge in [0, 0.05) is 6.04 Å². The molecule has 18 heavy (non-hydrogen) atoms. The van der Waals surface area contributed by atoms with Gasteiger partial charge in [-0.25, -0.2) is 0 Å². The molecule has 1 radical (unpaired) electrons. The molecule has 0 aliphatic carbocycles. The Bertz CT molecular complexity index is 389. The van der Waals surface area contributed by atoms with Crippen LogP contribution in [0.1, 0.15) is 37.3 Å². The zero-order valence-corrected chi connectivity index (χ0v) is 11.6. The number of methoxy groups -OCH3 is 1. The molecule has 1 saturated heterocycles. The van der Waals surface area contributed by atoms with Gasteiger partial charge in [0.25, 0.3) is 0 Å². The Kier molecular flexibility index (Phi) is 4.65. The van der Waals surface area contributed by atoms with E-state index in [0.717, 1.165) is 23.8 Å². The summed E-state index contributed by atoms with van der Waals surface area (Å²) in [5.41, 5.74) is 2.39. The van der Waals surface area contributed by atoms with Gasteiger partial charge in [0.05, 0.1) is 7.11 Å². The van der Waals surface area contributed by atoms with Gasteiger partial charge in [-0.3, -0.25) is 0 Å². The lowest BCUT2D eigenvalue weighted by Crippen LogP contribution is -2.29.